The number of nitrogens with zero attached hydrogens (tertiary/aromatic N) is 1. The Bertz CT molecular complexity index is 1120. The van der Waals surface area contributed by atoms with Crippen LogP contribution in [0.2, 0.25) is 0 Å². The van der Waals surface area contributed by atoms with Gasteiger partial charge in [-0.3, -0.25) is 14.5 Å². The Morgan fingerprint density at radius 3 is 2.06 bits per heavy atom. The fraction of sp³-hybridized carbons (Fsp3) is 0.160. The summed E-state index contributed by atoms with van der Waals surface area (Å²) in [6, 6.07) is 23.1. The van der Waals surface area contributed by atoms with Crippen molar-refractivity contribution in [3.63, 3.8) is 0 Å². The first kappa shape index (κ1) is 22.4. The van der Waals surface area contributed by atoms with Gasteiger partial charge in [0.05, 0.1) is 11.4 Å². The van der Waals surface area contributed by atoms with Gasteiger partial charge in [-0.1, -0.05) is 54.2 Å². The molecular weight excluding hydrogens is 440 g/mol. The van der Waals surface area contributed by atoms with Gasteiger partial charge in [-0.15, -0.1) is 0 Å². The molecule has 0 aromatic heterocycles. The summed E-state index contributed by atoms with van der Waals surface area (Å²) >= 11 is 1.58. The van der Waals surface area contributed by atoms with Gasteiger partial charge in [0.2, 0.25) is 0 Å². The summed E-state index contributed by atoms with van der Waals surface area (Å²) in [5.41, 5.74) is 1.48. The largest absolute Gasteiger partial charge is 0.484 e. The average Bonchev–Trinajstić information content (AvgIpc) is 2.84. The second-order valence-corrected chi connectivity index (χ2v) is 8.35. The lowest BCUT2D eigenvalue weighted by molar-refractivity contribution is -0.150. The van der Waals surface area contributed by atoms with Gasteiger partial charge in [0.1, 0.15) is 11.8 Å². The molecule has 0 radical (unpaired) electrons. The number of carbonyl (C=O) groups is 3. The van der Waals surface area contributed by atoms with Crippen LogP contribution in [0.25, 0.3) is 0 Å². The van der Waals surface area contributed by atoms with Crippen LogP contribution in [0.4, 0.5) is 11.4 Å². The molecule has 0 spiro atoms. The van der Waals surface area contributed by atoms with Gasteiger partial charge in [-0.05, 0) is 43.3 Å². The van der Waals surface area contributed by atoms with Crippen molar-refractivity contribution in [2.24, 2.45) is 0 Å². The topological polar surface area (TPSA) is 84.9 Å². The van der Waals surface area contributed by atoms with E-state index in [1.165, 1.54) is 6.92 Å². The molecule has 2 amide bonds. The summed E-state index contributed by atoms with van der Waals surface area (Å²) in [6.45, 7) is 0.807. The average molecular weight is 463 g/mol. The maximum absolute atomic E-state index is 13.1. The van der Waals surface area contributed by atoms with Gasteiger partial charge >= 0.3 is 5.97 Å². The number of rotatable bonds is 7. The van der Waals surface area contributed by atoms with Crippen LogP contribution in [0.3, 0.4) is 0 Å². The molecule has 1 aliphatic heterocycles. The van der Waals surface area contributed by atoms with Crippen LogP contribution < -0.4 is 15.0 Å². The first-order chi connectivity index (χ1) is 16.0. The first-order valence-corrected chi connectivity index (χ1v) is 11.2. The lowest BCUT2D eigenvalue weighted by Gasteiger charge is -2.30. The van der Waals surface area contributed by atoms with Crippen LogP contribution >= 0.6 is 11.8 Å². The monoisotopic (exact) mass is 462 g/mol. The molecule has 0 saturated carbocycles. The summed E-state index contributed by atoms with van der Waals surface area (Å²) in [4.78, 5) is 41.0. The molecule has 0 aliphatic carbocycles. The van der Waals surface area contributed by atoms with Crippen molar-refractivity contribution in [2.75, 3.05) is 18.1 Å². The van der Waals surface area contributed by atoms with Crippen molar-refractivity contribution in [1.29, 1.82) is 0 Å². The third-order valence-electron chi connectivity index (χ3n) is 4.86. The van der Waals surface area contributed by atoms with E-state index in [1.807, 2.05) is 54.6 Å². The van der Waals surface area contributed by atoms with E-state index in [2.05, 4.69) is 5.32 Å². The lowest BCUT2D eigenvalue weighted by atomic mass is 10.2. The molecule has 3 aromatic carbocycles. The molecule has 8 heteroatoms. The molecule has 0 saturated heterocycles. The van der Waals surface area contributed by atoms with Crippen molar-refractivity contribution in [1.82, 2.24) is 5.32 Å². The van der Waals surface area contributed by atoms with Gasteiger partial charge in [0, 0.05) is 9.79 Å². The van der Waals surface area contributed by atoms with E-state index >= 15 is 0 Å². The Labute approximate surface area is 195 Å². The van der Waals surface area contributed by atoms with Crippen molar-refractivity contribution < 1.29 is 23.9 Å². The highest BCUT2D eigenvalue weighted by molar-refractivity contribution is 7.99. The number of carbonyl (C=O) groups excluding carboxylic acids is 3. The number of fused-ring (bicyclic) bond motifs is 2. The SMILES string of the molecule is C[C@@H](NC(=O)COc1ccccc1)C(=O)OCC(=O)N1c2ccccc2Sc2ccccc21. The van der Waals surface area contributed by atoms with E-state index in [0.29, 0.717) is 5.75 Å². The summed E-state index contributed by atoms with van der Waals surface area (Å²) < 4.78 is 10.6. The predicted octanol–water partition coefficient (Wildman–Crippen LogP) is 3.94. The van der Waals surface area contributed by atoms with Gasteiger partial charge in [-0.25, -0.2) is 4.79 Å². The number of hydrogen-bond acceptors (Lipinski definition) is 6. The van der Waals surface area contributed by atoms with Gasteiger partial charge in [-0.2, -0.15) is 0 Å². The smallest absolute Gasteiger partial charge is 0.328 e. The minimum Gasteiger partial charge on any atom is -0.484 e. The molecule has 33 heavy (non-hydrogen) atoms. The number of amides is 2. The molecular formula is C25H22N2O5S. The van der Waals surface area contributed by atoms with Crippen molar-refractivity contribution in [3.05, 3.63) is 78.9 Å². The maximum Gasteiger partial charge on any atom is 0.328 e. The van der Waals surface area contributed by atoms with Crippen LogP contribution in [0.1, 0.15) is 6.92 Å². The van der Waals surface area contributed by atoms with Crippen LogP contribution in [0.15, 0.2) is 88.7 Å². The summed E-state index contributed by atoms with van der Waals surface area (Å²) in [7, 11) is 0. The van der Waals surface area contributed by atoms with Crippen LogP contribution in [0, 0.1) is 0 Å². The quantitative estimate of drug-likeness (QED) is 0.536. The van der Waals surface area contributed by atoms with E-state index in [9.17, 15) is 14.4 Å². The summed E-state index contributed by atoms with van der Waals surface area (Å²) in [5, 5.41) is 2.52. The van der Waals surface area contributed by atoms with E-state index in [4.69, 9.17) is 9.47 Å². The number of esters is 1. The standard InChI is InChI=1S/C25H22N2O5S/c1-17(26-23(28)15-31-18-9-3-2-4-10-18)25(30)32-16-24(29)27-19-11-5-7-13-21(19)33-22-14-8-6-12-20(22)27/h2-14,17H,15-16H2,1H3,(H,26,28)/t17-/m1/s1. The molecule has 1 atom stereocenters. The maximum atomic E-state index is 13.1. The van der Waals surface area contributed by atoms with Crippen molar-refractivity contribution in [2.45, 2.75) is 22.8 Å². The molecule has 7 nitrogen and oxygen atoms in total. The molecule has 0 fully saturated rings. The number of para-hydroxylation sites is 3. The minimum atomic E-state index is -0.929. The Balaban J connectivity index is 1.34. The molecule has 0 bridgehead atoms. The third kappa shape index (κ3) is 5.35. The van der Waals surface area contributed by atoms with Crippen LogP contribution in [-0.4, -0.2) is 37.0 Å². The number of ether oxygens (including phenoxy) is 2. The zero-order chi connectivity index (χ0) is 23.2. The number of benzene rings is 3. The van der Waals surface area contributed by atoms with Gasteiger partial charge < -0.3 is 14.8 Å². The van der Waals surface area contributed by atoms with Crippen LogP contribution in [0.5, 0.6) is 5.75 Å². The van der Waals surface area contributed by atoms with Gasteiger partial charge in [0.25, 0.3) is 11.8 Å². The lowest BCUT2D eigenvalue weighted by Crippen LogP contribution is -2.43. The Kier molecular flexibility index (Phi) is 6.95. The highest BCUT2D eigenvalue weighted by Crippen LogP contribution is 2.47. The van der Waals surface area contributed by atoms with E-state index < -0.39 is 24.5 Å². The normalized spacial score (nSPS) is 12.7. The number of nitrogens with one attached hydrogen (secondary N) is 1. The van der Waals surface area contributed by atoms with Crippen molar-refractivity contribution >= 4 is 40.9 Å². The molecule has 4 rings (SSSR count). The van der Waals surface area contributed by atoms with Crippen molar-refractivity contribution in [3.8, 4) is 5.75 Å². The summed E-state index contributed by atoms with van der Waals surface area (Å²) in [6.07, 6.45) is 0. The van der Waals surface area contributed by atoms with Gasteiger partial charge in [0.15, 0.2) is 13.2 Å². The second-order valence-electron chi connectivity index (χ2n) is 7.27. The highest BCUT2D eigenvalue weighted by Gasteiger charge is 2.29. The molecule has 168 valence electrons. The third-order valence-corrected chi connectivity index (χ3v) is 5.99. The first-order valence-electron chi connectivity index (χ1n) is 10.4. The zero-order valence-electron chi connectivity index (χ0n) is 17.9. The van der Waals surface area contributed by atoms with E-state index in [0.717, 1.165) is 21.2 Å². The zero-order valence-corrected chi connectivity index (χ0v) is 18.7. The fourth-order valence-electron chi connectivity index (χ4n) is 3.30. The number of anilines is 2. The van der Waals surface area contributed by atoms with Crippen LogP contribution in [-0.2, 0) is 19.1 Å². The molecule has 3 aromatic rings. The Morgan fingerprint density at radius 2 is 1.42 bits per heavy atom. The fourth-order valence-corrected chi connectivity index (χ4v) is 4.36. The van der Waals surface area contributed by atoms with E-state index in [-0.39, 0.29) is 12.5 Å². The predicted molar refractivity (Wildman–Crippen MR) is 125 cm³/mol. The highest BCUT2D eigenvalue weighted by atomic mass is 32.2. The summed E-state index contributed by atoms with van der Waals surface area (Å²) in [5.74, 6) is -1.00. The molecule has 1 heterocycles. The molecule has 0 unspecified atom stereocenters. The molecule has 1 N–H and O–H groups in total. The number of hydrogen-bond donors (Lipinski definition) is 1. The Morgan fingerprint density at radius 1 is 0.848 bits per heavy atom. The minimum absolute atomic E-state index is 0.237. The Hall–Kier alpha value is -3.78. The second kappa shape index (κ2) is 10.2. The molecule has 1 aliphatic rings. The van der Waals surface area contributed by atoms with E-state index in [1.54, 1.807) is 40.9 Å².